The van der Waals surface area contributed by atoms with Crippen molar-refractivity contribution in [2.24, 2.45) is 4.99 Å². The summed E-state index contributed by atoms with van der Waals surface area (Å²) >= 11 is 2.17. The van der Waals surface area contributed by atoms with Gasteiger partial charge < -0.3 is 15.0 Å². The SMILES string of the molecule is CCOC(=O)CCCNC(=NC)N1CCSC2(CCCCC2)C1.I. The molecule has 1 heterocycles. The van der Waals surface area contributed by atoms with E-state index in [4.69, 9.17) is 4.74 Å². The standard InChI is InChI=1S/C17H31N3O2S.HI/c1-3-22-15(21)8-7-11-19-16(18-2)20-12-13-23-17(14-20)9-5-4-6-10-17;/h3-14H2,1-2H3,(H,18,19);1H. The molecule has 0 amide bonds. The summed E-state index contributed by atoms with van der Waals surface area (Å²) in [5, 5.41) is 3.42. The summed E-state index contributed by atoms with van der Waals surface area (Å²) < 4.78 is 5.40. The highest BCUT2D eigenvalue weighted by Crippen LogP contribution is 2.42. The number of hydrogen-bond donors (Lipinski definition) is 1. The van der Waals surface area contributed by atoms with E-state index in [1.165, 1.54) is 37.9 Å². The summed E-state index contributed by atoms with van der Waals surface area (Å²) in [5.41, 5.74) is 0. The van der Waals surface area contributed by atoms with E-state index in [1.54, 1.807) is 0 Å². The number of aliphatic imine (C=N–C) groups is 1. The van der Waals surface area contributed by atoms with E-state index in [9.17, 15) is 4.79 Å². The maximum atomic E-state index is 11.4. The predicted molar refractivity (Wildman–Crippen MR) is 112 cm³/mol. The topological polar surface area (TPSA) is 53.9 Å². The summed E-state index contributed by atoms with van der Waals surface area (Å²) in [7, 11) is 1.85. The van der Waals surface area contributed by atoms with Crippen LogP contribution in [0.25, 0.3) is 0 Å². The van der Waals surface area contributed by atoms with Crippen LogP contribution in [0.15, 0.2) is 4.99 Å². The Morgan fingerprint density at radius 3 is 2.75 bits per heavy atom. The van der Waals surface area contributed by atoms with E-state index in [0.717, 1.165) is 32.0 Å². The van der Waals surface area contributed by atoms with Crippen LogP contribution in [-0.4, -0.2) is 60.6 Å². The minimum Gasteiger partial charge on any atom is -0.466 e. The highest BCUT2D eigenvalue weighted by atomic mass is 127. The number of esters is 1. The van der Waals surface area contributed by atoms with Crippen molar-refractivity contribution >= 4 is 47.7 Å². The first kappa shape index (κ1) is 21.9. The van der Waals surface area contributed by atoms with Crippen LogP contribution in [0.5, 0.6) is 0 Å². The molecule has 1 N–H and O–H groups in total. The van der Waals surface area contributed by atoms with Crippen molar-refractivity contribution < 1.29 is 9.53 Å². The lowest BCUT2D eigenvalue weighted by Crippen LogP contribution is -2.53. The molecule has 7 heteroatoms. The van der Waals surface area contributed by atoms with Crippen LogP contribution in [0.1, 0.15) is 51.9 Å². The van der Waals surface area contributed by atoms with Gasteiger partial charge in [-0.05, 0) is 26.2 Å². The quantitative estimate of drug-likeness (QED) is 0.220. The number of nitrogens with one attached hydrogen (secondary N) is 1. The van der Waals surface area contributed by atoms with Crippen molar-refractivity contribution in [3.8, 4) is 0 Å². The molecule has 0 aromatic heterocycles. The largest absolute Gasteiger partial charge is 0.466 e. The molecule has 0 aromatic carbocycles. The van der Waals surface area contributed by atoms with Crippen molar-refractivity contribution in [3.63, 3.8) is 0 Å². The van der Waals surface area contributed by atoms with Gasteiger partial charge in [0.2, 0.25) is 0 Å². The van der Waals surface area contributed by atoms with Gasteiger partial charge in [0.15, 0.2) is 5.96 Å². The van der Waals surface area contributed by atoms with Gasteiger partial charge in [0.25, 0.3) is 0 Å². The molecule has 24 heavy (non-hydrogen) atoms. The molecule has 1 aliphatic heterocycles. The van der Waals surface area contributed by atoms with Crippen LogP contribution in [0.2, 0.25) is 0 Å². The summed E-state index contributed by atoms with van der Waals surface area (Å²) in [6.07, 6.45) is 8.06. The number of ether oxygens (including phenoxy) is 1. The maximum Gasteiger partial charge on any atom is 0.305 e. The lowest BCUT2D eigenvalue weighted by molar-refractivity contribution is -0.143. The third kappa shape index (κ3) is 6.61. The summed E-state index contributed by atoms with van der Waals surface area (Å²) in [4.78, 5) is 18.2. The van der Waals surface area contributed by atoms with Gasteiger partial charge in [0.1, 0.15) is 0 Å². The minimum atomic E-state index is -0.111. The molecular formula is C17H32IN3O2S. The van der Waals surface area contributed by atoms with E-state index >= 15 is 0 Å². The zero-order valence-electron chi connectivity index (χ0n) is 15.0. The van der Waals surface area contributed by atoms with Crippen molar-refractivity contribution in [2.45, 2.75) is 56.6 Å². The van der Waals surface area contributed by atoms with Crippen LogP contribution in [0.4, 0.5) is 0 Å². The molecular weight excluding hydrogens is 437 g/mol. The fourth-order valence-corrected chi connectivity index (χ4v) is 5.09. The number of carbonyl (C=O) groups is 1. The number of nitrogens with zero attached hydrogens (tertiary/aromatic N) is 2. The number of rotatable bonds is 5. The second-order valence-electron chi connectivity index (χ2n) is 6.40. The molecule has 2 fully saturated rings. The van der Waals surface area contributed by atoms with Gasteiger partial charge in [-0.3, -0.25) is 9.79 Å². The van der Waals surface area contributed by atoms with Crippen molar-refractivity contribution in [3.05, 3.63) is 0 Å². The fourth-order valence-electron chi connectivity index (χ4n) is 3.52. The first-order chi connectivity index (χ1) is 11.2. The lowest BCUT2D eigenvalue weighted by atomic mass is 9.87. The molecule has 0 radical (unpaired) electrons. The first-order valence-electron chi connectivity index (χ1n) is 8.94. The molecule has 0 aromatic rings. The van der Waals surface area contributed by atoms with Gasteiger partial charge >= 0.3 is 5.97 Å². The second-order valence-corrected chi connectivity index (χ2v) is 7.96. The maximum absolute atomic E-state index is 11.4. The molecule has 140 valence electrons. The van der Waals surface area contributed by atoms with Crippen LogP contribution in [0.3, 0.4) is 0 Å². The average Bonchev–Trinajstić information content (AvgIpc) is 2.56. The number of guanidine groups is 1. The average molecular weight is 469 g/mol. The molecule has 1 saturated carbocycles. The van der Waals surface area contributed by atoms with Crippen molar-refractivity contribution in [1.82, 2.24) is 10.2 Å². The summed E-state index contributed by atoms with van der Waals surface area (Å²) in [5.74, 6) is 2.06. The Hall–Kier alpha value is -0.180. The van der Waals surface area contributed by atoms with Crippen LogP contribution < -0.4 is 5.32 Å². The Kier molecular flexibility index (Phi) is 10.4. The van der Waals surface area contributed by atoms with Crippen molar-refractivity contribution in [2.75, 3.05) is 39.0 Å². The Bertz CT molecular complexity index is 409. The number of carbonyl (C=O) groups excluding carboxylic acids is 1. The van der Waals surface area contributed by atoms with Gasteiger partial charge in [-0.25, -0.2) is 0 Å². The number of hydrogen-bond acceptors (Lipinski definition) is 4. The zero-order valence-corrected chi connectivity index (χ0v) is 18.2. The fraction of sp³-hybridized carbons (Fsp3) is 0.882. The van der Waals surface area contributed by atoms with E-state index < -0.39 is 0 Å². The van der Waals surface area contributed by atoms with Gasteiger partial charge in [-0.15, -0.1) is 24.0 Å². The summed E-state index contributed by atoms with van der Waals surface area (Å²) in [6, 6.07) is 0. The zero-order chi connectivity index (χ0) is 16.5. The highest BCUT2D eigenvalue weighted by molar-refractivity contribution is 14.0. The molecule has 1 aliphatic carbocycles. The van der Waals surface area contributed by atoms with Crippen LogP contribution >= 0.6 is 35.7 Å². The number of halogens is 1. The number of thioether (sulfide) groups is 1. The van der Waals surface area contributed by atoms with Gasteiger partial charge in [0.05, 0.1) is 6.61 Å². The molecule has 1 saturated heterocycles. The molecule has 2 rings (SSSR count). The normalized spacial score (nSPS) is 20.4. The predicted octanol–water partition coefficient (Wildman–Crippen LogP) is 3.27. The molecule has 0 atom stereocenters. The third-order valence-corrected chi connectivity index (χ3v) is 6.21. The molecule has 0 bridgehead atoms. The summed E-state index contributed by atoms with van der Waals surface area (Å²) in [6.45, 7) is 5.23. The Morgan fingerprint density at radius 2 is 2.08 bits per heavy atom. The van der Waals surface area contributed by atoms with Crippen LogP contribution in [-0.2, 0) is 9.53 Å². The Labute approximate surface area is 167 Å². The first-order valence-corrected chi connectivity index (χ1v) is 9.93. The smallest absolute Gasteiger partial charge is 0.305 e. The van der Waals surface area contributed by atoms with Crippen LogP contribution in [0, 0.1) is 0 Å². The molecule has 0 unspecified atom stereocenters. The minimum absolute atomic E-state index is 0. The van der Waals surface area contributed by atoms with E-state index in [0.29, 0.717) is 17.8 Å². The van der Waals surface area contributed by atoms with Gasteiger partial charge in [-0.2, -0.15) is 11.8 Å². The molecule has 1 spiro atoms. The van der Waals surface area contributed by atoms with Gasteiger partial charge in [0, 0.05) is 43.6 Å². The lowest BCUT2D eigenvalue weighted by Gasteiger charge is -2.45. The van der Waals surface area contributed by atoms with E-state index in [2.05, 4.69) is 27.0 Å². The highest BCUT2D eigenvalue weighted by Gasteiger charge is 2.38. The van der Waals surface area contributed by atoms with E-state index in [-0.39, 0.29) is 29.9 Å². The van der Waals surface area contributed by atoms with E-state index in [1.807, 2.05) is 14.0 Å². The Balaban J connectivity index is 0.00000288. The van der Waals surface area contributed by atoms with Gasteiger partial charge in [-0.1, -0.05) is 19.3 Å². The molecule has 5 nitrogen and oxygen atoms in total. The molecule has 2 aliphatic rings. The van der Waals surface area contributed by atoms with Crippen molar-refractivity contribution in [1.29, 1.82) is 0 Å². The monoisotopic (exact) mass is 469 g/mol. The third-order valence-electron chi connectivity index (χ3n) is 4.67. The second kappa shape index (κ2) is 11.4. The Morgan fingerprint density at radius 1 is 1.33 bits per heavy atom.